The zero-order valence-electron chi connectivity index (χ0n) is 13.3. The van der Waals surface area contributed by atoms with Gasteiger partial charge in [0.1, 0.15) is 12.1 Å². The Kier molecular flexibility index (Phi) is 5.08. The third kappa shape index (κ3) is 4.35. The summed E-state index contributed by atoms with van der Waals surface area (Å²) in [5, 5.41) is 10.8. The Balaban J connectivity index is 1.54. The lowest BCUT2D eigenvalue weighted by molar-refractivity contribution is -0.117. The number of rotatable bonds is 4. The van der Waals surface area contributed by atoms with Crippen molar-refractivity contribution in [1.29, 1.82) is 0 Å². The molecule has 0 aliphatic rings. The maximum atomic E-state index is 13.0. The summed E-state index contributed by atoms with van der Waals surface area (Å²) in [4.78, 5) is 23.7. The standard InChI is InChI=1S/C17H13FN6O2/c18-14-3-1-2-12(10-14)4-9-16(25)20-21-17(26)13-5-7-15(8-6-13)24-11-19-22-23-24/h1-11H,(H,20,25)(H,21,26)/b9-4+. The van der Waals surface area contributed by atoms with Gasteiger partial charge >= 0.3 is 0 Å². The number of nitrogens with zero attached hydrogens (tertiary/aromatic N) is 4. The second-order valence-corrected chi connectivity index (χ2v) is 5.13. The van der Waals surface area contributed by atoms with Crippen LogP contribution in [-0.2, 0) is 4.79 Å². The first-order chi connectivity index (χ1) is 12.6. The zero-order chi connectivity index (χ0) is 18.4. The largest absolute Gasteiger partial charge is 0.269 e. The molecule has 130 valence electrons. The fourth-order valence-electron chi connectivity index (χ4n) is 2.06. The molecule has 0 spiro atoms. The molecular formula is C17H13FN6O2. The van der Waals surface area contributed by atoms with Crippen molar-refractivity contribution in [3.8, 4) is 5.69 Å². The molecule has 2 aromatic carbocycles. The van der Waals surface area contributed by atoms with E-state index >= 15 is 0 Å². The summed E-state index contributed by atoms with van der Waals surface area (Å²) in [7, 11) is 0. The van der Waals surface area contributed by atoms with E-state index in [1.165, 1.54) is 41.4 Å². The topological polar surface area (TPSA) is 102 Å². The van der Waals surface area contributed by atoms with Crippen molar-refractivity contribution in [2.24, 2.45) is 0 Å². The van der Waals surface area contributed by atoms with Gasteiger partial charge in [-0.1, -0.05) is 12.1 Å². The lowest BCUT2D eigenvalue weighted by Crippen LogP contribution is -2.40. The smallest absolute Gasteiger partial charge is 0.268 e. The molecule has 0 unspecified atom stereocenters. The summed E-state index contributed by atoms with van der Waals surface area (Å²) in [6.45, 7) is 0. The fraction of sp³-hybridized carbons (Fsp3) is 0. The molecule has 0 aliphatic heterocycles. The van der Waals surface area contributed by atoms with Crippen molar-refractivity contribution in [1.82, 2.24) is 31.1 Å². The third-order valence-electron chi connectivity index (χ3n) is 3.32. The van der Waals surface area contributed by atoms with Crippen LogP contribution in [0.3, 0.4) is 0 Å². The maximum Gasteiger partial charge on any atom is 0.269 e. The van der Waals surface area contributed by atoms with E-state index in [0.717, 1.165) is 0 Å². The average Bonchev–Trinajstić information content (AvgIpc) is 3.19. The van der Waals surface area contributed by atoms with Gasteiger partial charge in [0.05, 0.1) is 5.69 Å². The molecule has 0 radical (unpaired) electrons. The Bertz CT molecular complexity index is 938. The van der Waals surface area contributed by atoms with Crippen molar-refractivity contribution in [3.05, 3.63) is 77.9 Å². The summed E-state index contributed by atoms with van der Waals surface area (Å²) in [6, 6.07) is 12.2. The lowest BCUT2D eigenvalue weighted by atomic mass is 10.2. The first-order valence-electron chi connectivity index (χ1n) is 7.49. The van der Waals surface area contributed by atoms with Crippen LogP contribution in [0.2, 0.25) is 0 Å². The van der Waals surface area contributed by atoms with E-state index in [1.807, 2.05) is 0 Å². The molecule has 3 aromatic rings. The van der Waals surface area contributed by atoms with E-state index in [-0.39, 0.29) is 0 Å². The van der Waals surface area contributed by atoms with Crippen molar-refractivity contribution in [3.63, 3.8) is 0 Å². The highest BCUT2D eigenvalue weighted by Crippen LogP contribution is 2.07. The second-order valence-electron chi connectivity index (χ2n) is 5.13. The van der Waals surface area contributed by atoms with Gasteiger partial charge in [-0.25, -0.2) is 9.07 Å². The molecule has 9 heteroatoms. The molecule has 0 fully saturated rings. The number of carbonyl (C=O) groups excluding carboxylic acids is 2. The van der Waals surface area contributed by atoms with Gasteiger partial charge in [-0.3, -0.25) is 20.4 Å². The maximum absolute atomic E-state index is 13.0. The zero-order valence-corrected chi connectivity index (χ0v) is 13.3. The van der Waals surface area contributed by atoms with E-state index in [0.29, 0.717) is 16.8 Å². The van der Waals surface area contributed by atoms with Crippen LogP contribution in [0.15, 0.2) is 60.9 Å². The predicted octanol–water partition coefficient (Wildman–Crippen LogP) is 1.28. The molecule has 1 aromatic heterocycles. The molecule has 0 aliphatic carbocycles. The number of hydrogen-bond donors (Lipinski definition) is 2. The third-order valence-corrected chi connectivity index (χ3v) is 3.32. The van der Waals surface area contributed by atoms with Crippen LogP contribution >= 0.6 is 0 Å². The Morgan fingerprint density at radius 1 is 1.08 bits per heavy atom. The molecule has 26 heavy (non-hydrogen) atoms. The number of tetrazole rings is 1. The van der Waals surface area contributed by atoms with Gasteiger partial charge in [0.2, 0.25) is 0 Å². The van der Waals surface area contributed by atoms with Gasteiger partial charge in [-0.05, 0) is 58.5 Å². The summed E-state index contributed by atoms with van der Waals surface area (Å²) >= 11 is 0. The van der Waals surface area contributed by atoms with Gasteiger partial charge < -0.3 is 0 Å². The normalized spacial score (nSPS) is 10.7. The highest BCUT2D eigenvalue weighted by molar-refractivity contribution is 5.98. The van der Waals surface area contributed by atoms with Crippen molar-refractivity contribution >= 4 is 17.9 Å². The molecule has 1 heterocycles. The number of nitrogens with one attached hydrogen (secondary N) is 2. The first kappa shape index (κ1) is 17.0. The first-order valence-corrected chi connectivity index (χ1v) is 7.49. The molecule has 8 nitrogen and oxygen atoms in total. The molecule has 2 amide bonds. The fourth-order valence-corrected chi connectivity index (χ4v) is 2.06. The van der Waals surface area contributed by atoms with Crippen LogP contribution in [0.1, 0.15) is 15.9 Å². The van der Waals surface area contributed by atoms with Gasteiger partial charge in [-0.15, -0.1) is 5.10 Å². The molecule has 2 N–H and O–H groups in total. The molecule has 0 saturated carbocycles. The van der Waals surface area contributed by atoms with E-state index < -0.39 is 17.6 Å². The van der Waals surface area contributed by atoms with Gasteiger partial charge in [0.15, 0.2) is 0 Å². The monoisotopic (exact) mass is 352 g/mol. The average molecular weight is 352 g/mol. The minimum Gasteiger partial charge on any atom is -0.268 e. The van der Waals surface area contributed by atoms with Crippen LogP contribution in [0, 0.1) is 5.82 Å². The van der Waals surface area contributed by atoms with Crippen LogP contribution in [-0.4, -0.2) is 32.0 Å². The minimum atomic E-state index is -0.548. The summed E-state index contributed by atoms with van der Waals surface area (Å²) in [5.74, 6) is -1.43. The Labute approximate surface area is 147 Å². The van der Waals surface area contributed by atoms with E-state index in [1.54, 1.807) is 30.3 Å². The number of benzene rings is 2. The van der Waals surface area contributed by atoms with E-state index in [9.17, 15) is 14.0 Å². The number of carbonyl (C=O) groups is 2. The highest BCUT2D eigenvalue weighted by Gasteiger charge is 2.07. The van der Waals surface area contributed by atoms with Crippen molar-refractivity contribution in [2.45, 2.75) is 0 Å². The molecule has 0 atom stereocenters. The van der Waals surface area contributed by atoms with E-state index in [4.69, 9.17) is 0 Å². The van der Waals surface area contributed by atoms with Crippen molar-refractivity contribution in [2.75, 3.05) is 0 Å². The quantitative estimate of drug-likeness (QED) is 0.544. The van der Waals surface area contributed by atoms with Crippen LogP contribution in [0.5, 0.6) is 0 Å². The number of hydrogen-bond acceptors (Lipinski definition) is 5. The molecule has 3 rings (SSSR count). The SMILES string of the molecule is O=C(/C=C/c1cccc(F)c1)NNC(=O)c1ccc(-n2cnnn2)cc1. The number of halogens is 1. The molecule has 0 saturated heterocycles. The lowest BCUT2D eigenvalue weighted by Gasteiger charge is -2.06. The summed E-state index contributed by atoms with van der Waals surface area (Å²) < 4.78 is 14.5. The molecule has 0 bridgehead atoms. The summed E-state index contributed by atoms with van der Waals surface area (Å²) in [6.07, 6.45) is 4.06. The predicted molar refractivity (Wildman–Crippen MR) is 90.2 cm³/mol. The van der Waals surface area contributed by atoms with Crippen LogP contribution in [0.4, 0.5) is 4.39 Å². The van der Waals surface area contributed by atoms with Gasteiger partial charge in [-0.2, -0.15) is 0 Å². The second kappa shape index (κ2) is 7.79. The highest BCUT2D eigenvalue weighted by atomic mass is 19.1. The summed E-state index contributed by atoms with van der Waals surface area (Å²) in [5.41, 5.74) is 6.11. The van der Waals surface area contributed by atoms with Crippen LogP contribution in [0.25, 0.3) is 11.8 Å². The Morgan fingerprint density at radius 3 is 2.58 bits per heavy atom. The number of aromatic nitrogens is 4. The number of amides is 2. The number of hydrazine groups is 1. The van der Waals surface area contributed by atoms with Crippen LogP contribution < -0.4 is 10.9 Å². The molecular weight excluding hydrogens is 339 g/mol. The van der Waals surface area contributed by atoms with Crippen molar-refractivity contribution < 1.29 is 14.0 Å². The van der Waals surface area contributed by atoms with E-state index in [2.05, 4.69) is 26.4 Å². The Morgan fingerprint density at radius 2 is 1.88 bits per heavy atom. The van der Waals surface area contributed by atoms with Gasteiger partial charge in [0, 0.05) is 11.6 Å². The van der Waals surface area contributed by atoms with Gasteiger partial charge in [0.25, 0.3) is 11.8 Å². The Hall–Kier alpha value is -3.88. The minimum absolute atomic E-state index is 0.344.